The number of rotatable bonds is 3. The summed E-state index contributed by atoms with van der Waals surface area (Å²) in [6, 6.07) is 6.44. The zero-order valence-electron chi connectivity index (χ0n) is 11.5. The Morgan fingerprint density at radius 3 is 2.82 bits per heavy atom. The van der Waals surface area contributed by atoms with Crippen molar-refractivity contribution < 1.29 is 9.13 Å². The van der Waals surface area contributed by atoms with Crippen LogP contribution >= 0.6 is 11.6 Å². The van der Waals surface area contributed by atoms with E-state index in [2.05, 4.69) is 10.1 Å². The van der Waals surface area contributed by atoms with Crippen LogP contribution in [0.15, 0.2) is 47.7 Å². The van der Waals surface area contributed by atoms with Gasteiger partial charge in [0.15, 0.2) is 5.82 Å². The third-order valence-electron chi connectivity index (χ3n) is 3.15. The number of ether oxygens (including phenoxy) is 1. The molecule has 7 heteroatoms. The summed E-state index contributed by atoms with van der Waals surface area (Å²) in [5, 5.41) is 4.43. The summed E-state index contributed by atoms with van der Waals surface area (Å²) in [4.78, 5) is 14.2. The molecule has 0 fully saturated rings. The molecule has 0 spiro atoms. The lowest BCUT2D eigenvalue weighted by Crippen LogP contribution is -2.06. The lowest BCUT2D eigenvalue weighted by molar-refractivity contribution is 0.414. The minimum Gasteiger partial charge on any atom is -0.495 e. The Morgan fingerprint density at radius 2 is 2.14 bits per heavy atom. The molecule has 3 aromatic rings. The highest BCUT2D eigenvalue weighted by Gasteiger charge is 2.14. The van der Waals surface area contributed by atoms with Crippen LogP contribution in [-0.4, -0.2) is 21.9 Å². The summed E-state index contributed by atoms with van der Waals surface area (Å²) >= 11 is 6.06. The number of methoxy groups -OCH3 is 1. The summed E-state index contributed by atoms with van der Waals surface area (Å²) in [5.41, 5.74) is 1.45. The van der Waals surface area contributed by atoms with E-state index in [9.17, 15) is 9.18 Å². The maximum Gasteiger partial charge on any atom is 0.248 e. The van der Waals surface area contributed by atoms with Crippen molar-refractivity contribution in [3.05, 3.63) is 64.0 Å². The van der Waals surface area contributed by atoms with Gasteiger partial charge in [0.1, 0.15) is 5.75 Å². The molecule has 0 bridgehead atoms. The smallest absolute Gasteiger partial charge is 0.248 e. The first kappa shape index (κ1) is 14.3. The molecule has 3 rings (SSSR count). The first-order chi connectivity index (χ1) is 10.6. The maximum atomic E-state index is 13.2. The van der Waals surface area contributed by atoms with Crippen LogP contribution in [0.2, 0.25) is 5.02 Å². The van der Waals surface area contributed by atoms with Gasteiger partial charge >= 0.3 is 0 Å². The first-order valence-corrected chi connectivity index (χ1v) is 6.73. The molecular weight excluding hydrogens is 309 g/mol. The number of benzene rings is 1. The summed E-state index contributed by atoms with van der Waals surface area (Å²) in [6.45, 7) is 0. The predicted octanol–water partition coefficient (Wildman–Crippen LogP) is 3.03. The number of hydrogen-bond donors (Lipinski definition) is 1. The van der Waals surface area contributed by atoms with Gasteiger partial charge in [0.2, 0.25) is 5.56 Å². The van der Waals surface area contributed by atoms with E-state index in [1.807, 2.05) is 0 Å². The highest BCUT2D eigenvalue weighted by molar-refractivity contribution is 6.31. The van der Waals surface area contributed by atoms with E-state index in [0.717, 1.165) is 6.20 Å². The van der Waals surface area contributed by atoms with Gasteiger partial charge in [-0.2, -0.15) is 5.10 Å². The van der Waals surface area contributed by atoms with E-state index in [4.69, 9.17) is 16.3 Å². The topological polar surface area (TPSA) is 59.9 Å². The van der Waals surface area contributed by atoms with Crippen molar-refractivity contribution in [2.45, 2.75) is 0 Å². The lowest BCUT2D eigenvalue weighted by Gasteiger charge is -2.13. The minimum atomic E-state index is -0.459. The number of aromatic amines is 1. The monoisotopic (exact) mass is 319 g/mol. The highest BCUT2D eigenvalue weighted by atomic mass is 35.5. The van der Waals surface area contributed by atoms with Crippen molar-refractivity contribution >= 4 is 11.6 Å². The van der Waals surface area contributed by atoms with Gasteiger partial charge in [0, 0.05) is 28.4 Å². The third kappa shape index (κ3) is 2.60. The van der Waals surface area contributed by atoms with Gasteiger partial charge in [0.25, 0.3) is 0 Å². The number of aromatic nitrogens is 3. The molecule has 1 aromatic carbocycles. The van der Waals surface area contributed by atoms with Crippen LogP contribution in [0.5, 0.6) is 5.75 Å². The molecule has 0 unspecified atom stereocenters. The van der Waals surface area contributed by atoms with Crippen molar-refractivity contribution in [1.82, 2.24) is 14.8 Å². The summed E-state index contributed by atoms with van der Waals surface area (Å²) in [7, 11) is 1.49. The van der Waals surface area contributed by atoms with Gasteiger partial charge in [0.05, 0.1) is 25.2 Å². The van der Waals surface area contributed by atoms with Crippen molar-refractivity contribution in [3.8, 4) is 22.6 Å². The molecule has 22 heavy (non-hydrogen) atoms. The maximum absolute atomic E-state index is 13.2. The van der Waals surface area contributed by atoms with Crippen LogP contribution in [-0.2, 0) is 0 Å². The number of hydrogen-bond acceptors (Lipinski definition) is 3. The Labute approximate surface area is 129 Å². The fraction of sp³-hybridized carbons (Fsp3) is 0.0667. The van der Waals surface area contributed by atoms with Gasteiger partial charge in [-0.25, -0.2) is 9.07 Å². The number of nitrogens with one attached hydrogen (secondary N) is 1. The summed E-state index contributed by atoms with van der Waals surface area (Å²) in [6.07, 6.45) is 3.81. The molecule has 0 aliphatic rings. The highest BCUT2D eigenvalue weighted by Crippen LogP contribution is 2.34. The standard InChI is InChI=1S/C15H11ClFN3O2/c1-22-14-7-18-15(21)5-12(14)11-4-9(16)2-3-13(11)20-8-10(17)6-19-20/h2-8H,1H3,(H,18,21). The third-order valence-corrected chi connectivity index (χ3v) is 3.39. The largest absolute Gasteiger partial charge is 0.495 e. The number of nitrogens with zero attached hydrogens (tertiary/aromatic N) is 2. The van der Waals surface area contributed by atoms with Gasteiger partial charge in [-0.1, -0.05) is 11.6 Å². The van der Waals surface area contributed by atoms with Crippen LogP contribution < -0.4 is 10.3 Å². The molecule has 0 saturated carbocycles. The zero-order valence-corrected chi connectivity index (χ0v) is 12.3. The fourth-order valence-electron chi connectivity index (χ4n) is 2.19. The molecule has 0 aliphatic heterocycles. The molecular formula is C15H11ClFN3O2. The van der Waals surface area contributed by atoms with Crippen molar-refractivity contribution in [3.63, 3.8) is 0 Å². The summed E-state index contributed by atoms with van der Waals surface area (Å²) < 4.78 is 19.9. The van der Waals surface area contributed by atoms with E-state index in [-0.39, 0.29) is 5.56 Å². The van der Waals surface area contributed by atoms with E-state index < -0.39 is 5.82 Å². The normalized spacial score (nSPS) is 10.7. The zero-order chi connectivity index (χ0) is 15.7. The SMILES string of the molecule is COc1c[nH]c(=O)cc1-c1cc(Cl)ccc1-n1cc(F)cn1. The molecule has 0 aliphatic carbocycles. The van der Waals surface area contributed by atoms with Gasteiger partial charge in [-0.3, -0.25) is 4.79 Å². The Kier molecular flexibility index (Phi) is 3.68. The average Bonchev–Trinajstić information content (AvgIpc) is 2.93. The average molecular weight is 320 g/mol. The van der Waals surface area contributed by atoms with E-state index >= 15 is 0 Å². The number of halogens is 2. The summed E-state index contributed by atoms with van der Waals surface area (Å²) in [5.74, 6) is 0.00881. The van der Waals surface area contributed by atoms with E-state index in [0.29, 0.717) is 27.6 Å². The second kappa shape index (κ2) is 5.65. The van der Waals surface area contributed by atoms with Crippen molar-refractivity contribution in [2.75, 3.05) is 7.11 Å². The quantitative estimate of drug-likeness (QED) is 0.807. The Hall–Kier alpha value is -2.60. The fourth-order valence-corrected chi connectivity index (χ4v) is 2.37. The molecule has 0 atom stereocenters. The van der Waals surface area contributed by atoms with E-state index in [1.165, 1.54) is 30.3 Å². The Balaban J connectivity index is 2.29. The van der Waals surface area contributed by atoms with Crippen LogP contribution in [0.3, 0.4) is 0 Å². The molecule has 2 heterocycles. The second-order valence-electron chi connectivity index (χ2n) is 4.54. The Morgan fingerprint density at radius 1 is 1.32 bits per heavy atom. The minimum absolute atomic E-state index is 0.284. The van der Waals surface area contributed by atoms with Gasteiger partial charge < -0.3 is 9.72 Å². The van der Waals surface area contributed by atoms with Gasteiger partial charge in [-0.15, -0.1) is 0 Å². The lowest BCUT2D eigenvalue weighted by atomic mass is 10.0. The Bertz CT molecular complexity index is 888. The molecule has 0 amide bonds. The van der Waals surface area contributed by atoms with Gasteiger partial charge in [-0.05, 0) is 18.2 Å². The van der Waals surface area contributed by atoms with Crippen LogP contribution in [0.4, 0.5) is 4.39 Å². The van der Waals surface area contributed by atoms with Crippen molar-refractivity contribution in [2.24, 2.45) is 0 Å². The first-order valence-electron chi connectivity index (χ1n) is 6.35. The molecule has 1 N–H and O–H groups in total. The van der Waals surface area contributed by atoms with Crippen LogP contribution in [0, 0.1) is 5.82 Å². The molecule has 0 radical (unpaired) electrons. The molecule has 0 saturated heterocycles. The number of pyridine rings is 1. The second-order valence-corrected chi connectivity index (χ2v) is 4.98. The molecule has 112 valence electrons. The van der Waals surface area contributed by atoms with Crippen LogP contribution in [0.1, 0.15) is 0 Å². The van der Waals surface area contributed by atoms with Crippen molar-refractivity contribution in [1.29, 1.82) is 0 Å². The molecule has 2 aromatic heterocycles. The molecule has 5 nitrogen and oxygen atoms in total. The number of H-pyrrole nitrogens is 1. The predicted molar refractivity (Wildman–Crippen MR) is 81.1 cm³/mol. The van der Waals surface area contributed by atoms with Crippen LogP contribution in [0.25, 0.3) is 16.8 Å². The van der Waals surface area contributed by atoms with E-state index in [1.54, 1.807) is 18.2 Å².